The third kappa shape index (κ3) is 2.68. The molecule has 0 spiro atoms. The van der Waals surface area contributed by atoms with Crippen LogP contribution in [0.2, 0.25) is 0 Å². The zero-order valence-corrected chi connectivity index (χ0v) is 12.7. The average Bonchev–Trinajstić information content (AvgIpc) is 2.60. The molecular formula is C18H15NO4. The highest BCUT2D eigenvalue weighted by atomic mass is 16.5. The number of phenols is 1. The van der Waals surface area contributed by atoms with E-state index in [-0.39, 0.29) is 11.5 Å². The van der Waals surface area contributed by atoms with Crippen LogP contribution in [0, 0.1) is 0 Å². The Hall–Kier alpha value is -3.08. The standard InChI is InChI=1S/C18H15NO4/c1-22-15-9-12-7-8-19-17(14(12)10-16(15)23-2)18(21)11-3-5-13(20)6-4-11/h3-10,20H,1-2H3. The van der Waals surface area contributed by atoms with Gasteiger partial charge in [0.2, 0.25) is 5.78 Å². The summed E-state index contributed by atoms with van der Waals surface area (Å²) in [5.41, 5.74) is 0.784. The van der Waals surface area contributed by atoms with E-state index in [9.17, 15) is 9.90 Å². The van der Waals surface area contributed by atoms with Gasteiger partial charge < -0.3 is 14.6 Å². The van der Waals surface area contributed by atoms with Crippen LogP contribution in [0.4, 0.5) is 0 Å². The van der Waals surface area contributed by atoms with Crippen LogP contribution < -0.4 is 9.47 Å². The zero-order chi connectivity index (χ0) is 16.4. The number of aromatic hydroxyl groups is 1. The number of carbonyl (C=O) groups excluding carboxylic acids is 1. The monoisotopic (exact) mass is 309 g/mol. The molecule has 0 aliphatic heterocycles. The lowest BCUT2D eigenvalue weighted by atomic mass is 10.0. The van der Waals surface area contributed by atoms with Crippen LogP contribution in [0.15, 0.2) is 48.7 Å². The molecule has 1 aromatic heterocycles. The molecule has 3 rings (SSSR count). The smallest absolute Gasteiger partial charge is 0.211 e. The molecule has 0 aliphatic carbocycles. The number of methoxy groups -OCH3 is 2. The Morgan fingerprint density at radius 3 is 2.30 bits per heavy atom. The van der Waals surface area contributed by atoms with E-state index >= 15 is 0 Å². The van der Waals surface area contributed by atoms with Crippen LogP contribution in [0.25, 0.3) is 10.8 Å². The average molecular weight is 309 g/mol. The third-order valence-corrected chi connectivity index (χ3v) is 3.61. The minimum atomic E-state index is -0.220. The van der Waals surface area contributed by atoms with Gasteiger partial charge in [0.25, 0.3) is 0 Å². The summed E-state index contributed by atoms with van der Waals surface area (Å²) in [6.07, 6.45) is 1.59. The van der Waals surface area contributed by atoms with Crippen LogP contribution in [-0.4, -0.2) is 30.1 Å². The number of fused-ring (bicyclic) bond motifs is 1. The Morgan fingerprint density at radius 2 is 1.65 bits per heavy atom. The predicted molar refractivity (Wildman–Crippen MR) is 86.4 cm³/mol. The number of ether oxygens (including phenoxy) is 2. The van der Waals surface area contributed by atoms with Gasteiger partial charge in [0.05, 0.1) is 14.2 Å². The summed E-state index contributed by atoms with van der Waals surface area (Å²) < 4.78 is 10.6. The largest absolute Gasteiger partial charge is 0.508 e. The minimum Gasteiger partial charge on any atom is -0.508 e. The van der Waals surface area contributed by atoms with Gasteiger partial charge in [0.15, 0.2) is 11.5 Å². The van der Waals surface area contributed by atoms with Gasteiger partial charge in [-0.25, -0.2) is 0 Å². The molecule has 0 radical (unpaired) electrons. The van der Waals surface area contributed by atoms with E-state index in [1.54, 1.807) is 38.6 Å². The molecule has 0 aliphatic rings. The number of carbonyl (C=O) groups is 1. The fourth-order valence-electron chi connectivity index (χ4n) is 2.43. The number of ketones is 1. The first-order chi connectivity index (χ1) is 11.1. The lowest BCUT2D eigenvalue weighted by molar-refractivity contribution is 0.103. The second-order valence-corrected chi connectivity index (χ2v) is 4.96. The van der Waals surface area contributed by atoms with Crippen molar-refractivity contribution in [3.05, 3.63) is 59.9 Å². The maximum Gasteiger partial charge on any atom is 0.211 e. The summed E-state index contributed by atoms with van der Waals surface area (Å²) in [5, 5.41) is 10.9. The van der Waals surface area contributed by atoms with Crippen molar-refractivity contribution in [2.24, 2.45) is 0 Å². The summed E-state index contributed by atoms with van der Waals surface area (Å²) >= 11 is 0. The minimum absolute atomic E-state index is 0.110. The first kappa shape index (κ1) is 14.8. The normalized spacial score (nSPS) is 10.5. The molecule has 0 amide bonds. The molecule has 0 saturated carbocycles. The van der Waals surface area contributed by atoms with Gasteiger partial charge in [-0.3, -0.25) is 9.78 Å². The van der Waals surface area contributed by atoms with Gasteiger partial charge in [0.1, 0.15) is 11.4 Å². The molecule has 2 aromatic carbocycles. The topological polar surface area (TPSA) is 68.7 Å². The van der Waals surface area contributed by atoms with E-state index in [4.69, 9.17) is 9.47 Å². The highest BCUT2D eigenvalue weighted by Crippen LogP contribution is 2.33. The van der Waals surface area contributed by atoms with Crippen molar-refractivity contribution in [3.8, 4) is 17.2 Å². The third-order valence-electron chi connectivity index (χ3n) is 3.61. The fraction of sp³-hybridized carbons (Fsp3) is 0.111. The first-order valence-electron chi connectivity index (χ1n) is 6.98. The second-order valence-electron chi connectivity index (χ2n) is 4.96. The summed E-state index contributed by atoms with van der Waals surface area (Å²) in [7, 11) is 3.11. The van der Waals surface area contributed by atoms with E-state index in [0.29, 0.717) is 28.1 Å². The van der Waals surface area contributed by atoms with Crippen LogP contribution >= 0.6 is 0 Å². The summed E-state index contributed by atoms with van der Waals surface area (Å²) in [4.78, 5) is 16.9. The lowest BCUT2D eigenvalue weighted by Crippen LogP contribution is -2.05. The second kappa shape index (κ2) is 5.96. The highest BCUT2D eigenvalue weighted by molar-refractivity contribution is 6.15. The Morgan fingerprint density at radius 1 is 1.00 bits per heavy atom. The van der Waals surface area contributed by atoms with Crippen molar-refractivity contribution >= 4 is 16.6 Å². The van der Waals surface area contributed by atoms with Crippen molar-refractivity contribution in [2.45, 2.75) is 0 Å². The molecule has 0 unspecified atom stereocenters. The van der Waals surface area contributed by atoms with Crippen molar-refractivity contribution in [2.75, 3.05) is 14.2 Å². The zero-order valence-electron chi connectivity index (χ0n) is 12.7. The molecule has 1 heterocycles. The van der Waals surface area contributed by atoms with Gasteiger partial charge in [-0.15, -0.1) is 0 Å². The molecule has 5 nitrogen and oxygen atoms in total. The molecule has 0 bridgehead atoms. The first-order valence-corrected chi connectivity index (χ1v) is 6.98. The molecule has 0 saturated heterocycles. The number of hydrogen-bond donors (Lipinski definition) is 1. The van der Waals surface area contributed by atoms with Crippen molar-refractivity contribution in [3.63, 3.8) is 0 Å². The van der Waals surface area contributed by atoms with Crippen LogP contribution in [-0.2, 0) is 0 Å². The Balaban J connectivity index is 2.17. The van der Waals surface area contributed by atoms with E-state index < -0.39 is 0 Å². The summed E-state index contributed by atoms with van der Waals surface area (Å²) in [5.74, 6) is 1.02. The molecule has 3 aromatic rings. The van der Waals surface area contributed by atoms with Crippen molar-refractivity contribution < 1.29 is 19.4 Å². The number of benzene rings is 2. The van der Waals surface area contributed by atoms with E-state index in [1.165, 1.54) is 12.1 Å². The lowest BCUT2D eigenvalue weighted by Gasteiger charge is -2.11. The summed E-state index contributed by atoms with van der Waals surface area (Å²) in [6.45, 7) is 0. The number of phenolic OH excluding ortho intramolecular Hbond substituents is 1. The Bertz CT molecular complexity index is 872. The van der Waals surface area contributed by atoms with E-state index in [1.807, 2.05) is 12.1 Å². The maximum atomic E-state index is 12.7. The van der Waals surface area contributed by atoms with Gasteiger partial charge in [-0.1, -0.05) is 0 Å². The highest BCUT2D eigenvalue weighted by Gasteiger charge is 2.16. The number of hydrogen-bond acceptors (Lipinski definition) is 5. The predicted octanol–water partition coefficient (Wildman–Crippen LogP) is 3.19. The number of pyridine rings is 1. The van der Waals surface area contributed by atoms with Gasteiger partial charge in [-0.2, -0.15) is 0 Å². The molecule has 23 heavy (non-hydrogen) atoms. The SMILES string of the molecule is COc1cc2ccnc(C(=O)c3ccc(O)cc3)c2cc1OC. The number of rotatable bonds is 4. The number of nitrogens with zero attached hydrogens (tertiary/aromatic N) is 1. The number of aromatic nitrogens is 1. The quantitative estimate of drug-likeness (QED) is 0.750. The van der Waals surface area contributed by atoms with Crippen LogP contribution in [0.1, 0.15) is 16.1 Å². The molecule has 0 fully saturated rings. The van der Waals surface area contributed by atoms with Crippen molar-refractivity contribution in [1.82, 2.24) is 4.98 Å². The molecule has 116 valence electrons. The van der Waals surface area contributed by atoms with Crippen LogP contribution in [0.3, 0.4) is 0 Å². The van der Waals surface area contributed by atoms with Gasteiger partial charge in [-0.05, 0) is 47.9 Å². The Kier molecular flexibility index (Phi) is 3.85. The van der Waals surface area contributed by atoms with E-state index in [0.717, 1.165) is 5.39 Å². The van der Waals surface area contributed by atoms with Gasteiger partial charge >= 0.3 is 0 Å². The summed E-state index contributed by atoms with van der Waals surface area (Å²) in [6, 6.07) is 11.4. The fourth-order valence-corrected chi connectivity index (χ4v) is 2.43. The molecular weight excluding hydrogens is 294 g/mol. The molecule has 5 heteroatoms. The van der Waals surface area contributed by atoms with Crippen molar-refractivity contribution in [1.29, 1.82) is 0 Å². The Labute approximate surface area is 133 Å². The molecule has 0 atom stereocenters. The van der Waals surface area contributed by atoms with Gasteiger partial charge in [0, 0.05) is 17.1 Å². The molecule has 1 N–H and O–H groups in total. The maximum absolute atomic E-state index is 12.7. The van der Waals surface area contributed by atoms with E-state index in [2.05, 4.69) is 4.98 Å². The van der Waals surface area contributed by atoms with Crippen LogP contribution in [0.5, 0.6) is 17.2 Å².